The van der Waals surface area contributed by atoms with Crippen LogP contribution in [0.25, 0.3) is 0 Å². The first kappa shape index (κ1) is 26.1. The summed E-state index contributed by atoms with van der Waals surface area (Å²) in [5.74, 6) is 0.801. The van der Waals surface area contributed by atoms with Crippen LogP contribution >= 0.6 is 0 Å². The fourth-order valence-electron chi connectivity index (χ4n) is 5.83. The first-order chi connectivity index (χ1) is 17.1. The van der Waals surface area contributed by atoms with Crippen molar-refractivity contribution in [3.05, 3.63) is 35.9 Å². The number of benzene rings is 1. The van der Waals surface area contributed by atoms with Gasteiger partial charge < -0.3 is 25.0 Å². The molecule has 3 aliphatic rings. The van der Waals surface area contributed by atoms with Crippen molar-refractivity contribution in [3.8, 4) is 0 Å². The summed E-state index contributed by atoms with van der Waals surface area (Å²) in [5, 5.41) is 13.0. The van der Waals surface area contributed by atoms with Crippen molar-refractivity contribution < 1.29 is 19.4 Å². The fourth-order valence-corrected chi connectivity index (χ4v) is 5.83. The maximum Gasteiger partial charge on any atom is 0.225 e. The molecule has 0 radical (unpaired) electrons. The second-order valence-electron chi connectivity index (χ2n) is 10.6. The van der Waals surface area contributed by atoms with Crippen molar-refractivity contribution in [3.63, 3.8) is 0 Å². The molecule has 3 atom stereocenters. The molecule has 0 bridgehead atoms. The largest absolute Gasteiger partial charge is 0.394 e. The van der Waals surface area contributed by atoms with Gasteiger partial charge in [-0.05, 0) is 69.5 Å². The second kappa shape index (κ2) is 13.4. The van der Waals surface area contributed by atoms with Crippen molar-refractivity contribution in [2.45, 2.75) is 82.5 Å². The molecule has 3 heterocycles. The molecule has 7 nitrogen and oxygen atoms in total. The molecule has 2 N–H and O–H groups in total. The number of rotatable bonds is 9. The highest BCUT2D eigenvalue weighted by Crippen LogP contribution is 2.25. The Morgan fingerprint density at radius 3 is 2.43 bits per heavy atom. The molecular weight excluding hydrogens is 442 g/mol. The molecule has 0 aromatic heterocycles. The van der Waals surface area contributed by atoms with E-state index in [9.17, 15) is 14.7 Å². The molecule has 3 fully saturated rings. The van der Waals surface area contributed by atoms with Crippen LogP contribution in [0.5, 0.6) is 0 Å². The molecule has 3 aliphatic heterocycles. The molecule has 2 amide bonds. The smallest absolute Gasteiger partial charge is 0.225 e. The summed E-state index contributed by atoms with van der Waals surface area (Å²) in [6, 6.07) is 10.4. The normalized spacial score (nSPS) is 26.4. The topological polar surface area (TPSA) is 82.1 Å². The van der Waals surface area contributed by atoms with Crippen LogP contribution in [0, 0.1) is 5.92 Å². The van der Waals surface area contributed by atoms with E-state index in [2.05, 4.69) is 34.5 Å². The third-order valence-electron chi connectivity index (χ3n) is 7.98. The number of likely N-dealkylation sites (tertiary alicyclic amines) is 2. The van der Waals surface area contributed by atoms with Gasteiger partial charge in [-0.1, -0.05) is 36.8 Å². The number of carbonyl (C=O) groups is 2. The first-order valence-corrected chi connectivity index (χ1v) is 13.7. The van der Waals surface area contributed by atoms with Crippen molar-refractivity contribution in [1.82, 2.24) is 15.1 Å². The number of piperidine rings is 2. The van der Waals surface area contributed by atoms with E-state index in [1.165, 1.54) is 24.8 Å². The summed E-state index contributed by atoms with van der Waals surface area (Å²) in [6.07, 6.45) is 8.55. The molecule has 0 unspecified atom stereocenters. The van der Waals surface area contributed by atoms with E-state index in [1.54, 1.807) is 0 Å². The molecule has 0 saturated carbocycles. The average Bonchev–Trinajstić information content (AvgIpc) is 2.90. The molecule has 4 rings (SSSR count). The van der Waals surface area contributed by atoms with E-state index < -0.39 is 6.10 Å². The number of aliphatic hydroxyl groups is 1. The summed E-state index contributed by atoms with van der Waals surface area (Å²) >= 11 is 0. The number of hydrogen-bond donors (Lipinski definition) is 2. The summed E-state index contributed by atoms with van der Waals surface area (Å²) in [7, 11) is 0. The van der Waals surface area contributed by atoms with Crippen LogP contribution in [-0.4, -0.2) is 84.3 Å². The van der Waals surface area contributed by atoms with Crippen LogP contribution in [0.3, 0.4) is 0 Å². The van der Waals surface area contributed by atoms with Crippen LogP contribution in [0.4, 0.5) is 0 Å². The quantitative estimate of drug-likeness (QED) is 0.562. The van der Waals surface area contributed by atoms with Crippen LogP contribution in [0.2, 0.25) is 0 Å². The number of nitrogens with zero attached hydrogens (tertiary/aromatic N) is 2. The van der Waals surface area contributed by atoms with Crippen LogP contribution < -0.4 is 5.32 Å². The number of carbonyl (C=O) groups excluding carboxylic acids is 2. The lowest BCUT2D eigenvalue weighted by Gasteiger charge is -2.38. The minimum Gasteiger partial charge on any atom is -0.394 e. The Bertz CT molecular complexity index is 791. The third-order valence-corrected chi connectivity index (χ3v) is 7.98. The zero-order valence-electron chi connectivity index (χ0n) is 21.1. The number of hydrogen-bond acceptors (Lipinski definition) is 5. The average molecular weight is 486 g/mol. The molecule has 0 aliphatic carbocycles. The minimum absolute atomic E-state index is 0.0236. The molecular formula is C28H43N3O4. The van der Waals surface area contributed by atoms with Crippen LogP contribution in [0.1, 0.15) is 63.4 Å². The Morgan fingerprint density at radius 1 is 0.971 bits per heavy atom. The van der Waals surface area contributed by atoms with Gasteiger partial charge in [0, 0.05) is 26.1 Å². The zero-order valence-corrected chi connectivity index (χ0v) is 21.1. The van der Waals surface area contributed by atoms with Gasteiger partial charge in [0.15, 0.2) is 0 Å². The van der Waals surface area contributed by atoms with Gasteiger partial charge in [-0.3, -0.25) is 9.59 Å². The Kier molecular flexibility index (Phi) is 9.98. The molecule has 194 valence electrons. The predicted molar refractivity (Wildman–Crippen MR) is 136 cm³/mol. The number of nitrogens with one attached hydrogen (secondary N) is 1. The third kappa shape index (κ3) is 8.02. The highest BCUT2D eigenvalue weighted by atomic mass is 16.5. The van der Waals surface area contributed by atoms with Gasteiger partial charge in [0.25, 0.3) is 0 Å². The van der Waals surface area contributed by atoms with Gasteiger partial charge in [0.05, 0.1) is 25.2 Å². The van der Waals surface area contributed by atoms with E-state index in [0.717, 1.165) is 64.8 Å². The van der Waals surface area contributed by atoms with Crippen molar-refractivity contribution in [2.75, 3.05) is 39.3 Å². The maximum atomic E-state index is 12.9. The van der Waals surface area contributed by atoms with Gasteiger partial charge in [0.1, 0.15) is 6.10 Å². The summed E-state index contributed by atoms with van der Waals surface area (Å²) in [6.45, 7) is 4.43. The number of ether oxygens (including phenoxy) is 1. The van der Waals surface area contributed by atoms with E-state index in [0.29, 0.717) is 18.8 Å². The molecule has 1 aromatic rings. The van der Waals surface area contributed by atoms with Crippen LogP contribution in [-0.2, 0) is 20.7 Å². The Labute approximate surface area is 210 Å². The monoisotopic (exact) mass is 485 g/mol. The lowest BCUT2D eigenvalue weighted by atomic mass is 9.90. The van der Waals surface area contributed by atoms with Gasteiger partial charge >= 0.3 is 0 Å². The number of amides is 2. The summed E-state index contributed by atoms with van der Waals surface area (Å²) < 4.78 is 6.08. The standard InChI is InChI=1S/C28H43N3O4/c32-21-26-25(29-27(33)13-16-30-14-5-2-6-15-30)10-9-24(35-26)20-28(34)31-17-11-23(12-18-31)19-22-7-3-1-4-8-22/h1,3-4,7-8,23-26,32H,2,5-6,9-21H2,(H,29,33)/t24-,25-,26+/m1/s1. The minimum atomic E-state index is -0.447. The summed E-state index contributed by atoms with van der Waals surface area (Å²) in [5.41, 5.74) is 1.37. The van der Waals surface area contributed by atoms with Gasteiger partial charge in [-0.2, -0.15) is 0 Å². The Morgan fingerprint density at radius 2 is 1.71 bits per heavy atom. The highest BCUT2D eigenvalue weighted by molar-refractivity contribution is 5.77. The zero-order chi connectivity index (χ0) is 24.5. The highest BCUT2D eigenvalue weighted by Gasteiger charge is 2.34. The van der Waals surface area contributed by atoms with Gasteiger partial charge in [-0.15, -0.1) is 0 Å². The Balaban J connectivity index is 1.15. The number of aliphatic hydroxyl groups excluding tert-OH is 1. The van der Waals surface area contributed by atoms with Crippen molar-refractivity contribution in [1.29, 1.82) is 0 Å². The fraction of sp³-hybridized carbons (Fsp3) is 0.714. The molecule has 35 heavy (non-hydrogen) atoms. The van der Waals surface area contributed by atoms with E-state index in [-0.39, 0.29) is 30.6 Å². The van der Waals surface area contributed by atoms with Crippen molar-refractivity contribution in [2.24, 2.45) is 5.92 Å². The van der Waals surface area contributed by atoms with E-state index in [4.69, 9.17) is 4.74 Å². The Hall–Kier alpha value is -1.96. The SMILES string of the molecule is O=C(CCN1CCCCC1)N[C@@H]1CC[C@H](CC(=O)N2CCC(Cc3ccccc3)CC2)O[C@H]1CO. The predicted octanol–water partition coefficient (Wildman–Crippen LogP) is 2.76. The molecule has 7 heteroatoms. The molecule has 0 spiro atoms. The first-order valence-electron chi connectivity index (χ1n) is 13.7. The second-order valence-corrected chi connectivity index (χ2v) is 10.6. The van der Waals surface area contributed by atoms with Gasteiger partial charge in [0.2, 0.25) is 11.8 Å². The summed E-state index contributed by atoms with van der Waals surface area (Å²) in [4.78, 5) is 29.8. The maximum absolute atomic E-state index is 12.9. The lowest BCUT2D eigenvalue weighted by molar-refractivity contribution is -0.143. The molecule has 3 saturated heterocycles. The lowest BCUT2D eigenvalue weighted by Crippen LogP contribution is -2.52. The van der Waals surface area contributed by atoms with E-state index >= 15 is 0 Å². The van der Waals surface area contributed by atoms with E-state index in [1.807, 2.05) is 11.0 Å². The van der Waals surface area contributed by atoms with Gasteiger partial charge in [-0.25, -0.2) is 0 Å². The van der Waals surface area contributed by atoms with Crippen LogP contribution in [0.15, 0.2) is 30.3 Å². The molecule has 1 aromatic carbocycles. The van der Waals surface area contributed by atoms with Crippen molar-refractivity contribution >= 4 is 11.8 Å².